The molecule has 0 saturated heterocycles. The summed E-state index contributed by atoms with van der Waals surface area (Å²) in [7, 11) is 3.78. The van der Waals surface area contributed by atoms with Gasteiger partial charge in [0.2, 0.25) is 5.91 Å². The predicted octanol–water partition coefficient (Wildman–Crippen LogP) is 3.28. The van der Waals surface area contributed by atoms with E-state index in [1.807, 2.05) is 58.8 Å². The Morgan fingerprint density at radius 1 is 1.19 bits per heavy atom. The molecule has 0 aliphatic heterocycles. The van der Waals surface area contributed by atoms with Crippen LogP contribution in [0.3, 0.4) is 0 Å². The van der Waals surface area contributed by atoms with Crippen molar-refractivity contribution in [2.45, 2.75) is 40.5 Å². The third-order valence-corrected chi connectivity index (χ3v) is 3.65. The third-order valence-electron chi connectivity index (χ3n) is 3.65. The maximum Gasteiger partial charge on any atom is 0.253 e. The molecule has 1 aromatic rings. The summed E-state index contributed by atoms with van der Waals surface area (Å²) in [5.41, 5.74) is 1.89. The number of nitrogens with zero attached hydrogens (tertiary/aromatic N) is 1. The highest BCUT2D eigenvalue weighted by molar-refractivity contribution is 6.02. The van der Waals surface area contributed by atoms with Gasteiger partial charge in [-0.25, -0.2) is 0 Å². The molecule has 0 radical (unpaired) electrons. The van der Waals surface area contributed by atoms with Gasteiger partial charge in [0.15, 0.2) is 0 Å². The zero-order chi connectivity index (χ0) is 19.7. The van der Waals surface area contributed by atoms with Crippen molar-refractivity contribution in [1.82, 2.24) is 5.32 Å². The number of benzene rings is 1. The Kier molecular flexibility index (Phi) is 8.58. The second-order valence-corrected chi connectivity index (χ2v) is 7.72. The van der Waals surface area contributed by atoms with Crippen molar-refractivity contribution in [3.63, 3.8) is 0 Å². The van der Waals surface area contributed by atoms with Gasteiger partial charge in [0.05, 0.1) is 5.56 Å². The molecule has 2 amide bonds. The molecular formula is C20H33N3O3. The van der Waals surface area contributed by atoms with E-state index in [0.717, 1.165) is 12.1 Å². The van der Waals surface area contributed by atoms with Gasteiger partial charge in [-0.2, -0.15) is 0 Å². The Balaban J connectivity index is 2.84. The van der Waals surface area contributed by atoms with E-state index < -0.39 is 0 Å². The molecule has 0 heterocycles. The second kappa shape index (κ2) is 10.2. The van der Waals surface area contributed by atoms with Gasteiger partial charge in [0.25, 0.3) is 5.91 Å². The summed E-state index contributed by atoms with van der Waals surface area (Å²) in [5.74, 6) is -0.213. The summed E-state index contributed by atoms with van der Waals surface area (Å²) in [6, 6.07) is 5.40. The molecule has 1 rings (SSSR count). The summed E-state index contributed by atoms with van der Waals surface area (Å²) in [6.07, 6.45) is 1.18. The number of anilines is 2. The number of hydrogen-bond acceptors (Lipinski definition) is 4. The SMILES string of the molecule is CCOCCCNC(=O)c1cc(NC(=O)CC(C)(C)C)ccc1N(C)C. The summed E-state index contributed by atoms with van der Waals surface area (Å²) in [5, 5.41) is 5.80. The van der Waals surface area contributed by atoms with Gasteiger partial charge in [0, 0.05) is 51.6 Å². The number of rotatable bonds is 9. The summed E-state index contributed by atoms with van der Waals surface area (Å²) >= 11 is 0. The first kappa shape index (κ1) is 22.0. The van der Waals surface area contributed by atoms with Crippen LogP contribution in [-0.2, 0) is 9.53 Å². The topological polar surface area (TPSA) is 70.7 Å². The first-order valence-corrected chi connectivity index (χ1v) is 9.11. The molecule has 2 N–H and O–H groups in total. The average molecular weight is 364 g/mol. The van der Waals surface area contributed by atoms with E-state index >= 15 is 0 Å². The molecule has 146 valence electrons. The normalized spacial score (nSPS) is 11.2. The van der Waals surface area contributed by atoms with Gasteiger partial charge in [-0.15, -0.1) is 0 Å². The fourth-order valence-corrected chi connectivity index (χ4v) is 2.49. The van der Waals surface area contributed by atoms with Crippen LogP contribution in [0.2, 0.25) is 0 Å². The molecule has 0 spiro atoms. The van der Waals surface area contributed by atoms with E-state index in [2.05, 4.69) is 10.6 Å². The largest absolute Gasteiger partial charge is 0.382 e. The van der Waals surface area contributed by atoms with E-state index in [-0.39, 0.29) is 17.2 Å². The van der Waals surface area contributed by atoms with Crippen LogP contribution in [0, 0.1) is 5.41 Å². The number of ether oxygens (including phenoxy) is 1. The second-order valence-electron chi connectivity index (χ2n) is 7.72. The van der Waals surface area contributed by atoms with Crippen molar-refractivity contribution in [2.75, 3.05) is 44.1 Å². The van der Waals surface area contributed by atoms with Crippen LogP contribution < -0.4 is 15.5 Å². The minimum Gasteiger partial charge on any atom is -0.382 e. The van der Waals surface area contributed by atoms with Crippen LogP contribution >= 0.6 is 0 Å². The minimum atomic E-state index is -0.155. The average Bonchev–Trinajstić information content (AvgIpc) is 2.52. The molecule has 0 atom stereocenters. The summed E-state index contributed by atoms with van der Waals surface area (Å²) in [6.45, 7) is 9.84. The lowest BCUT2D eigenvalue weighted by Gasteiger charge is -2.20. The number of hydrogen-bond donors (Lipinski definition) is 2. The maximum absolute atomic E-state index is 12.6. The summed E-state index contributed by atoms with van der Waals surface area (Å²) < 4.78 is 5.28. The quantitative estimate of drug-likeness (QED) is 0.661. The Hall–Kier alpha value is -2.08. The molecular weight excluding hydrogens is 330 g/mol. The van der Waals surface area contributed by atoms with Crippen LogP contribution in [-0.4, -0.2) is 45.7 Å². The number of amides is 2. The first-order chi connectivity index (χ1) is 12.1. The molecule has 26 heavy (non-hydrogen) atoms. The lowest BCUT2D eigenvalue weighted by atomic mass is 9.92. The number of carbonyl (C=O) groups excluding carboxylic acids is 2. The molecule has 6 heteroatoms. The van der Waals surface area contributed by atoms with Gasteiger partial charge in [-0.3, -0.25) is 9.59 Å². The Morgan fingerprint density at radius 3 is 2.46 bits per heavy atom. The van der Waals surface area contributed by atoms with Crippen LogP contribution in [0.4, 0.5) is 11.4 Å². The van der Waals surface area contributed by atoms with E-state index in [4.69, 9.17) is 4.74 Å². The Morgan fingerprint density at radius 2 is 1.88 bits per heavy atom. The molecule has 0 aromatic heterocycles. The number of nitrogens with one attached hydrogen (secondary N) is 2. The van der Waals surface area contributed by atoms with Crippen LogP contribution in [0.1, 0.15) is 50.9 Å². The van der Waals surface area contributed by atoms with Gasteiger partial charge < -0.3 is 20.3 Å². The molecule has 0 saturated carbocycles. The first-order valence-electron chi connectivity index (χ1n) is 9.11. The standard InChI is InChI=1S/C20H33N3O3/c1-7-26-12-8-11-21-19(25)16-13-15(9-10-17(16)23(5)6)22-18(24)14-20(2,3)4/h9-10,13H,7-8,11-12,14H2,1-6H3,(H,21,25)(H,22,24). The van der Waals surface area contributed by atoms with Crippen molar-refractivity contribution in [2.24, 2.45) is 5.41 Å². The van der Waals surface area contributed by atoms with Gasteiger partial charge in [-0.1, -0.05) is 20.8 Å². The van der Waals surface area contributed by atoms with E-state index in [1.165, 1.54) is 0 Å². The zero-order valence-electron chi connectivity index (χ0n) is 16.9. The van der Waals surface area contributed by atoms with Crippen molar-refractivity contribution in [3.05, 3.63) is 23.8 Å². The highest BCUT2D eigenvalue weighted by atomic mass is 16.5. The van der Waals surface area contributed by atoms with Crippen LogP contribution in [0.15, 0.2) is 18.2 Å². The van der Waals surface area contributed by atoms with Crippen molar-refractivity contribution in [3.8, 4) is 0 Å². The highest BCUT2D eigenvalue weighted by Gasteiger charge is 2.18. The van der Waals surface area contributed by atoms with Gasteiger partial charge in [-0.05, 0) is 37.0 Å². The summed E-state index contributed by atoms with van der Waals surface area (Å²) in [4.78, 5) is 26.6. The fraction of sp³-hybridized carbons (Fsp3) is 0.600. The Bertz CT molecular complexity index is 607. The van der Waals surface area contributed by atoms with E-state index in [1.54, 1.807) is 6.07 Å². The molecule has 0 unspecified atom stereocenters. The van der Waals surface area contributed by atoms with Gasteiger partial charge >= 0.3 is 0 Å². The zero-order valence-corrected chi connectivity index (χ0v) is 16.9. The van der Waals surface area contributed by atoms with E-state index in [0.29, 0.717) is 37.4 Å². The minimum absolute atomic E-state index is 0.0572. The molecule has 0 fully saturated rings. The van der Waals surface area contributed by atoms with Crippen molar-refractivity contribution < 1.29 is 14.3 Å². The van der Waals surface area contributed by atoms with Crippen LogP contribution in [0.25, 0.3) is 0 Å². The van der Waals surface area contributed by atoms with E-state index in [9.17, 15) is 9.59 Å². The fourth-order valence-electron chi connectivity index (χ4n) is 2.49. The monoisotopic (exact) mass is 363 g/mol. The Labute approximate surface area is 157 Å². The lowest BCUT2D eigenvalue weighted by Crippen LogP contribution is -2.27. The molecule has 6 nitrogen and oxygen atoms in total. The van der Waals surface area contributed by atoms with Gasteiger partial charge in [0.1, 0.15) is 0 Å². The molecule has 0 bridgehead atoms. The van der Waals surface area contributed by atoms with Crippen LogP contribution in [0.5, 0.6) is 0 Å². The third kappa shape index (κ3) is 7.87. The predicted molar refractivity (Wildman–Crippen MR) is 107 cm³/mol. The molecule has 1 aromatic carbocycles. The van der Waals surface area contributed by atoms with Crippen molar-refractivity contribution in [1.29, 1.82) is 0 Å². The maximum atomic E-state index is 12.6. The molecule has 0 aliphatic rings. The number of carbonyl (C=O) groups is 2. The lowest BCUT2D eigenvalue weighted by molar-refractivity contribution is -0.117. The highest BCUT2D eigenvalue weighted by Crippen LogP contribution is 2.24. The molecule has 0 aliphatic carbocycles. The van der Waals surface area contributed by atoms with Crippen molar-refractivity contribution >= 4 is 23.2 Å². The smallest absolute Gasteiger partial charge is 0.253 e.